The number of carboxylic acids is 1. The average Bonchev–Trinajstić information content (AvgIpc) is 3.38. The summed E-state index contributed by atoms with van der Waals surface area (Å²) in [5.41, 5.74) is 0. The molecule has 0 aromatic rings. The van der Waals surface area contributed by atoms with E-state index in [1.165, 1.54) is 173 Å². The number of likely N-dealkylation sites (N-methyl/N-ethyl adjacent to an activating group) is 1. The average molecular weight is 1050 g/mol. The zero-order valence-electron chi connectivity index (χ0n) is 49.1. The monoisotopic (exact) mass is 1050 g/mol. The van der Waals surface area contributed by atoms with E-state index < -0.39 is 24.3 Å². The summed E-state index contributed by atoms with van der Waals surface area (Å²) in [4.78, 5) is 37.2. The number of unbranched alkanes of at least 4 members (excludes halogenated alkanes) is 28. The normalized spacial score (nSPS) is 13.3. The van der Waals surface area contributed by atoms with Gasteiger partial charge in [-0.15, -0.1) is 0 Å². The molecule has 2 atom stereocenters. The molecule has 0 radical (unpaired) electrons. The van der Waals surface area contributed by atoms with Crippen molar-refractivity contribution in [2.75, 3.05) is 47.5 Å². The number of hydrogen-bond donors (Lipinski definition) is 0. The topological polar surface area (TPSA) is 111 Å². The van der Waals surface area contributed by atoms with E-state index in [9.17, 15) is 19.5 Å². The number of ether oxygens (including phenoxy) is 4. The fourth-order valence-corrected chi connectivity index (χ4v) is 8.47. The Morgan fingerprint density at radius 1 is 0.427 bits per heavy atom. The molecule has 432 valence electrons. The number of esters is 2. The van der Waals surface area contributed by atoms with Gasteiger partial charge in [-0.05, 0) is 70.6 Å². The van der Waals surface area contributed by atoms with E-state index in [0.717, 1.165) is 51.4 Å². The number of allylic oxidation sites excluding steroid dienone is 13. The maximum Gasteiger partial charge on any atom is 0.310 e. The first-order chi connectivity index (χ1) is 36.6. The lowest BCUT2D eigenvalue weighted by Crippen LogP contribution is -2.44. The van der Waals surface area contributed by atoms with Crippen LogP contribution in [0.25, 0.3) is 0 Å². The van der Waals surface area contributed by atoms with Gasteiger partial charge in [0.2, 0.25) is 0 Å². The molecule has 0 fully saturated rings. The molecule has 2 unspecified atom stereocenters. The second-order valence-electron chi connectivity index (χ2n) is 21.6. The van der Waals surface area contributed by atoms with Crippen LogP contribution in [0.4, 0.5) is 0 Å². The van der Waals surface area contributed by atoms with Crippen LogP contribution in [0, 0.1) is 0 Å². The van der Waals surface area contributed by atoms with Gasteiger partial charge in [0.05, 0.1) is 46.7 Å². The molecule has 0 bridgehead atoms. The highest BCUT2D eigenvalue weighted by atomic mass is 16.7. The first-order valence-electron chi connectivity index (χ1n) is 30.7. The van der Waals surface area contributed by atoms with Crippen LogP contribution < -0.4 is 5.11 Å². The first-order valence-corrected chi connectivity index (χ1v) is 30.7. The summed E-state index contributed by atoms with van der Waals surface area (Å²) < 4.78 is 22.5. The van der Waals surface area contributed by atoms with E-state index in [1.54, 1.807) is 6.08 Å². The van der Waals surface area contributed by atoms with Crippen molar-refractivity contribution in [2.24, 2.45) is 0 Å². The molecule has 0 aromatic heterocycles. The van der Waals surface area contributed by atoms with Gasteiger partial charge in [0.25, 0.3) is 0 Å². The molecule has 0 amide bonds. The van der Waals surface area contributed by atoms with Crippen molar-refractivity contribution in [3.8, 4) is 0 Å². The number of hydrogen-bond acceptors (Lipinski definition) is 8. The van der Waals surface area contributed by atoms with Crippen LogP contribution in [-0.2, 0) is 33.3 Å². The fraction of sp³-hybridized carbons (Fsp3) is 0.742. The molecule has 0 spiro atoms. The third-order valence-electron chi connectivity index (χ3n) is 13.2. The number of carbonyl (C=O) groups is 3. The van der Waals surface area contributed by atoms with Crippen molar-refractivity contribution in [1.29, 1.82) is 0 Å². The first kappa shape index (κ1) is 71.5. The largest absolute Gasteiger partial charge is 0.545 e. The van der Waals surface area contributed by atoms with Crippen molar-refractivity contribution >= 4 is 17.9 Å². The summed E-state index contributed by atoms with van der Waals surface area (Å²) >= 11 is 0. The van der Waals surface area contributed by atoms with Crippen molar-refractivity contribution in [3.63, 3.8) is 0 Å². The Kier molecular flexibility index (Phi) is 54.0. The molecule has 0 saturated carbocycles. The number of carboxylic acid groups (broad SMARTS) is 1. The van der Waals surface area contributed by atoms with Crippen LogP contribution in [0.1, 0.15) is 258 Å². The van der Waals surface area contributed by atoms with Crippen LogP contribution >= 0.6 is 0 Å². The third-order valence-corrected chi connectivity index (χ3v) is 13.2. The molecule has 0 rings (SSSR count). The number of rotatable bonds is 56. The summed E-state index contributed by atoms with van der Waals surface area (Å²) in [6.07, 6.45) is 72.8. The molecule has 0 N–H and O–H groups in total. The Morgan fingerprint density at radius 3 is 1.20 bits per heavy atom. The molecule has 0 saturated heterocycles. The summed E-state index contributed by atoms with van der Waals surface area (Å²) in [7, 11) is 5.89. The molecule has 9 nitrogen and oxygen atoms in total. The molecular formula is C66H115NO8. The summed E-state index contributed by atoms with van der Waals surface area (Å²) in [5.74, 6) is -2.45. The minimum absolute atomic E-state index is 0.0139. The molecule has 0 aliphatic carbocycles. The van der Waals surface area contributed by atoms with Crippen LogP contribution in [0.5, 0.6) is 0 Å². The van der Waals surface area contributed by atoms with Gasteiger partial charge in [0.1, 0.15) is 13.2 Å². The van der Waals surface area contributed by atoms with Gasteiger partial charge < -0.3 is 33.3 Å². The quantitative estimate of drug-likeness (QED) is 0.0195. The Morgan fingerprint density at radius 2 is 0.800 bits per heavy atom. The van der Waals surface area contributed by atoms with E-state index >= 15 is 0 Å². The molecule has 0 aromatic carbocycles. The van der Waals surface area contributed by atoms with E-state index in [0.29, 0.717) is 17.4 Å². The molecule has 75 heavy (non-hydrogen) atoms. The number of carbonyl (C=O) groups excluding carboxylic acids is 3. The van der Waals surface area contributed by atoms with Gasteiger partial charge in [0, 0.05) is 6.42 Å². The Balaban J connectivity index is 4.07. The molecular weight excluding hydrogens is 935 g/mol. The smallest absolute Gasteiger partial charge is 0.310 e. The van der Waals surface area contributed by atoms with Crippen LogP contribution in [0.2, 0.25) is 0 Å². The van der Waals surface area contributed by atoms with Crippen LogP contribution in [0.3, 0.4) is 0 Å². The number of quaternary nitrogens is 1. The molecule has 0 aliphatic heterocycles. The molecule has 9 heteroatoms. The fourth-order valence-electron chi connectivity index (χ4n) is 8.47. The van der Waals surface area contributed by atoms with Crippen LogP contribution in [-0.4, -0.2) is 82.3 Å². The maximum atomic E-state index is 12.8. The van der Waals surface area contributed by atoms with Gasteiger partial charge in [-0.3, -0.25) is 9.59 Å². The highest BCUT2D eigenvalue weighted by molar-refractivity contribution is 5.71. The van der Waals surface area contributed by atoms with E-state index in [2.05, 4.69) is 80.7 Å². The van der Waals surface area contributed by atoms with Gasteiger partial charge in [0.15, 0.2) is 12.4 Å². The highest BCUT2D eigenvalue weighted by Crippen LogP contribution is 2.17. The summed E-state index contributed by atoms with van der Waals surface area (Å²) in [6, 6.07) is 0. The van der Waals surface area contributed by atoms with E-state index in [4.69, 9.17) is 18.9 Å². The second-order valence-corrected chi connectivity index (χ2v) is 21.6. The van der Waals surface area contributed by atoms with Gasteiger partial charge in [-0.25, -0.2) is 0 Å². The third kappa shape index (κ3) is 58.0. The Bertz CT molecular complexity index is 1500. The lowest BCUT2D eigenvalue weighted by Gasteiger charge is -2.26. The number of nitrogens with zero attached hydrogens (tertiary/aromatic N) is 1. The Labute approximate surface area is 461 Å². The minimum atomic E-state index is -1.65. The zero-order valence-corrected chi connectivity index (χ0v) is 49.1. The predicted molar refractivity (Wildman–Crippen MR) is 315 cm³/mol. The van der Waals surface area contributed by atoms with Crippen molar-refractivity contribution in [1.82, 2.24) is 0 Å². The summed E-state index contributed by atoms with van der Waals surface area (Å²) in [6.45, 7) is 4.52. The van der Waals surface area contributed by atoms with Gasteiger partial charge in [-0.1, -0.05) is 259 Å². The Hall–Kier alpha value is -3.53. The summed E-state index contributed by atoms with van der Waals surface area (Å²) in [5, 5.41) is 11.8. The zero-order chi connectivity index (χ0) is 54.8. The van der Waals surface area contributed by atoms with Crippen molar-refractivity contribution < 1.29 is 42.9 Å². The number of aliphatic carboxylic acids is 1. The predicted octanol–water partition coefficient (Wildman–Crippen LogP) is 17.0. The van der Waals surface area contributed by atoms with E-state index in [-0.39, 0.29) is 38.6 Å². The lowest BCUT2D eigenvalue weighted by molar-refractivity contribution is -0.870. The van der Waals surface area contributed by atoms with E-state index in [1.807, 2.05) is 33.3 Å². The minimum Gasteiger partial charge on any atom is -0.545 e. The van der Waals surface area contributed by atoms with Crippen LogP contribution in [0.15, 0.2) is 85.1 Å². The SMILES string of the molecule is CC/C=C\C/C=C\C/C=C\C/C=C\C/C=C\CC(=O)OC(COC(=O)CCCCCCCCCCCCCCCCCCCCCCCCC/C=C\C/C=C\CCCCCCC)COC(OCC[N+](C)(C)C)C(=O)[O-]. The second kappa shape index (κ2) is 56.7. The van der Waals surface area contributed by atoms with Gasteiger partial charge >= 0.3 is 11.9 Å². The lowest BCUT2D eigenvalue weighted by atomic mass is 10.0. The van der Waals surface area contributed by atoms with Gasteiger partial charge in [-0.2, -0.15) is 0 Å². The molecule has 0 aliphatic rings. The maximum absolute atomic E-state index is 12.8. The standard InChI is InChI=1S/C66H115NO8/c1-6-8-10-12-14-16-18-20-22-23-24-25-26-27-28-29-30-31-32-33-34-35-36-37-38-39-40-41-43-44-46-48-50-52-54-56-63(68)73-60-62(61-74-66(65(70)71)72-59-58-67(3,4)5)75-64(69)57-55-53-51-49-47-45-42-21-19-17-15-13-11-9-7-2/h9,11,15,17-18,20-21,23-24,42,47,49,53,55,62,66H,6-8,10,12-14,16,19,22,25-41,43-46,48,50-52,54,56-61H2,1-5H3/b11-9-,17-15-,20-18-,24-23-,42-21-,49-47-,55-53-. The molecule has 0 heterocycles. The highest BCUT2D eigenvalue weighted by Gasteiger charge is 2.21. The van der Waals surface area contributed by atoms with Crippen molar-refractivity contribution in [2.45, 2.75) is 270 Å². The van der Waals surface area contributed by atoms with Crippen molar-refractivity contribution in [3.05, 3.63) is 85.1 Å².